The molecule has 1 heterocycles. The van der Waals surface area contributed by atoms with Crippen molar-refractivity contribution in [1.29, 1.82) is 0 Å². The third kappa shape index (κ3) is 3.47. The first kappa shape index (κ1) is 15.3. The van der Waals surface area contributed by atoms with Crippen molar-refractivity contribution in [3.8, 4) is 0 Å². The lowest BCUT2D eigenvalue weighted by Crippen LogP contribution is -2.15. The highest BCUT2D eigenvalue weighted by Crippen LogP contribution is 2.30. The summed E-state index contributed by atoms with van der Waals surface area (Å²) in [5.74, 6) is -0.109. The second-order valence-corrected chi connectivity index (χ2v) is 6.04. The van der Waals surface area contributed by atoms with E-state index >= 15 is 0 Å². The zero-order valence-corrected chi connectivity index (χ0v) is 13.4. The van der Waals surface area contributed by atoms with Crippen LogP contribution < -0.4 is 10.6 Å². The number of nitrogens with zero attached hydrogens (tertiary/aromatic N) is 2. The Bertz CT molecular complexity index is 949. The molecule has 6 heteroatoms. The Morgan fingerprint density at radius 3 is 2.20 bits per heavy atom. The van der Waals surface area contributed by atoms with E-state index in [9.17, 15) is 9.59 Å². The standard InChI is InChI=1S/C19H16N4O2/c24-18(12-5-6-12)21-13-7-9-14(10-8-13)22-19(25)17-11-20-15-3-1-2-4-16(15)23-17/h1-4,7-12H,5-6H2,(H,21,24)(H,22,25). The number of carbonyl (C=O) groups excluding carboxylic acids is 2. The molecule has 124 valence electrons. The lowest BCUT2D eigenvalue weighted by molar-refractivity contribution is -0.117. The molecule has 1 aliphatic carbocycles. The summed E-state index contributed by atoms with van der Waals surface area (Å²) < 4.78 is 0. The zero-order valence-electron chi connectivity index (χ0n) is 13.4. The fraction of sp³-hybridized carbons (Fsp3) is 0.158. The summed E-state index contributed by atoms with van der Waals surface area (Å²) in [5, 5.41) is 5.65. The highest BCUT2D eigenvalue weighted by atomic mass is 16.2. The van der Waals surface area contributed by atoms with E-state index in [4.69, 9.17) is 0 Å². The summed E-state index contributed by atoms with van der Waals surface area (Å²) in [6.07, 6.45) is 3.39. The van der Waals surface area contributed by atoms with Crippen molar-refractivity contribution in [2.24, 2.45) is 5.92 Å². The average Bonchev–Trinajstić information content (AvgIpc) is 3.48. The smallest absolute Gasteiger partial charge is 0.275 e. The quantitative estimate of drug-likeness (QED) is 0.768. The molecule has 4 rings (SSSR count). The van der Waals surface area contributed by atoms with E-state index in [1.165, 1.54) is 6.20 Å². The predicted octanol–water partition coefficient (Wildman–Crippen LogP) is 3.23. The fourth-order valence-electron chi connectivity index (χ4n) is 2.49. The molecule has 1 aromatic heterocycles. The number of carbonyl (C=O) groups is 2. The van der Waals surface area contributed by atoms with Gasteiger partial charge in [0.1, 0.15) is 5.69 Å². The van der Waals surface area contributed by atoms with Crippen LogP contribution >= 0.6 is 0 Å². The third-order valence-electron chi connectivity index (χ3n) is 4.04. The Kier molecular flexibility index (Phi) is 3.85. The molecule has 0 bridgehead atoms. The molecule has 2 N–H and O–H groups in total. The summed E-state index contributed by atoms with van der Waals surface area (Å²) in [5.41, 5.74) is 3.03. The number of amides is 2. The van der Waals surface area contributed by atoms with Crippen LogP contribution in [0.5, 0.6) is 0 Å². The average molecular weight is 332 g/mol. The highest BCUT2D eigenvalue weighted by molar-refractivity contribution is 6.03. The molecule has 25 heavy (non-hydrogen) atoms. The van der Waals surface area contributed by atoms with Crippen LogP contribution in [0, 0.1) is 5.92 Å². The zero-order chi connectivity index (χ0) is 17.2. The van der Waals surface area contributed by atoms with Crippen LogP contribution in [-0.2, 0) is 4.79 Å². The Hall–Kier alpha value is -3.28. The van der Waals surface area contributed by atoms with Crippen LogP contribution in [0.2, 0.25) is 0 Å². The van der Waals surface area contributed by atoms with E-state index in [2.05, 4.69) is 20.6 Å². The number of para-hydroxylation sites is 2. The first-order valence-corrected chi connectivity index (χ1v) is 8.13. The van der Waals surface area contributed by atoms with Crippen LogP contribution in [0.1, 0.15) is 23.3 Å². The Labute approximate surface area is 144 Å². The largest absolute Gasteiger partial charge is 0.326 e. The van der Waals surface area contributed by atoms with E-state index in [-0.39, 0.29) is 23.4 Å². The maximum absolute atomic E-state index is 12.3. The summed E-state index contributed by atoms with van der Waals surface area (Å²) in [4.78, 5) is 32.6. The van der Waals surface area contributed by atoms with Crippen molar-refractivity contribution in [2.45, 2.75) is 12.8 Å². The molecule has 1 aliphatic rings. The number of nitrogens with one attached hydrogen (secondary N) is 2. The molecule has 3 aromatic rings. The minimum Gasteiger partial charge on any atom is -0.326 e. The number of benzene rings is 2. The Morgan fingerprint density at radius 1 is 0.880 bits per heavy atom. The second kappa shape index (κ2) is 6.32. The molecule has 0 atom stereocenters. The number of fused-ring (bicyclic) bond motifs is 1. The molecule has 2 amide bonds. The highest BCUT2D eigenvalue weighted by Gasteiger charge is 2.29. The van der Waals surface area contributed by atoms with E-state index in [1.54, 1.807) is 24.3 Å². The number of rotatable bonds is 4. The second-order valence-electron chi connectivity index (χ2n) is 6.04. The maximum atomic E-state index is 12.3. The van der Waals surface area contributed by atoms with Crippen molar-refractivity contribution in [3.63, 3.8) is 0 Å². The van der Waals surface area contributed by atoms with Crippen LogP contribution in [0.3, 0.4) is 0 Å². The van der Waals surface area contributed by atoms with Crippen molar-refractivity contribution < 1.29 is 9.59 Å². The van der Waals surface area contributed by atoms with Gasteiger partial charge in [-0.3, -0.25) is 14.6 Å². The molecule has 2 aromatic carbocycles. The number of hydrogen-bond acceptors (Lipinski definition) is 4. The van der Waals surface area contributed by atoms with Gasteiger partial charge in [0.05, 0.1) is 17.2 Å². The number of aromatic nitrogens is 2. The van der Waals surface area contributed by atoms with Gasteiger partial charge in [-0.25, -0.2) is 4.98 Å². The molecule has 0 aliphatic heterocycles. The molecule has 1 fully saturated rings. The minimum absolute atomic E-state index is 0.0585. The normalized spacial score (nSPS) is 13.4. The predicted molar refractivity (Wildman–Crippen MR) is 95.3 cm³/mol. The molecular formula is C19H16N4O2. The molecule has 0 saturated heterocycles. The maximum Gasteiger partial charge on any atom is 0.275 e. The van der Waals surface area contributed by atoms with Gasteiger partial charge in [0.15, 0.2) is 0 Å². The molecule has 6 nitrogen and oxygen atoms in total. The van der Waals surface area contributed by atoms with E-state index in [0.717, 1.165) is 24.0 Å². The summed E-state index contributed by atoms with van der Waals surface area (Å²) in [6, 6.07) is 14.4. The van der Waals surface area contributed by atoms with Gasteiger partial charge < -0.3 is 10.6 Å². The number of anilines is 2. The molecule has 0 radical (unpaired) electrons. The first-order valence-electron chi connectivity index (χ1n) is 8.13. The summed E-state index contributed by atoms with van der Waals surface area (Å²) in [6.45, 7) is 0. The molecular weight excluding hydrogens is 316 g/mol. The topological polar surface area (TPSA) is 84.0 Å². The van der Waals surface area contributed by atoms with Gasteiger partial charge in [0.25, 0.3) is 5.91 Å². The van der Waals surface area contributed by atoms with Crippen molar-refractivity contribution in [2.75, 3.05) is 10.6 Å². The Morgan fingerprint density at radius 2 is 1.52 bits per heavy atom. The van der Waals surface area contributed by atoms with Crippen LogP contribution in [0.25, 0.3) is 11.0 Å². The van der Waals surface area contributed by atoms with Gasteiger partial charge in [0, 0.05) is 17.3 Å². The van der Waals surface area contributed by atoms with Gasteiger partial charge in [-0.05, 0) is 49.2 Å². The van der Waals surface area contributed by atoms with E-state index < -0.39 is 0 Å². The van der Waals surface area contributed by atoms with Crippen LogP contribution in [-0.4, -0.2) is 21.8 Å². The lowest BCUT2D eigenvalue weighted by Gasteiger charge is -2.07. The van der Waals surface area contributed by atoms with Gasteiger partial charge in [0.2, 0.25) is 5.91 Å². The van der Waals surface area contributed by atoms with Crippen LogP contribution in [0.4, 0.5) is 11.4 Å². The van der Waals surface area contributed by atoms with Crippen LogP contribution in [0.15, 0.2) is 54.7 Å². The van der Waals surface area contributed by atoms with Gasteiger partial charge >= 0.3 is 0 Å². The molecule has 0 spiro atoms. The third-order valence-corrected chi connectivity index (χ3v) is 4.04. The van der Waals surface area contributed by atoms with Gasteiger partial charge in [-0.2, -0.15) is 0 Å². The monoisotopic (exact) mass is 332 g/mol. The van der Waals surface area contributed by atoms with Gasteiger partial charge in [-0.1, -0.05) is 12.1 Å². The lowest BCUT2D eigenvalue weighted by atomic mass is 10.2. The minimum atomic E-state index is -0.326. The van der Waals surface area contributed by atoms with Gasteiger partial charge in [-0.15, -0.1) is 0 Å². The fourth-order valence-corrected chi connectivity index (χ4v) is 2.49. The van der Waals surface area contributed by atoms with Crippen molar-refractivity contribution in [1.82, 2.24) is 9.97 Å². The Balaban J connectivity index is 1.45. The van der Waals surface area contributed by atoms with E-state index in [0.29, 0.717) is 11.2 Å². The summed E-state index contributed by atoms with van der Waals surface area (Å²) in [7, 11) is 0. The molecule has 1 saturated carbocycles. The number of hydrogen-bond donors (Lipinski definition) is 2. The van der Waals surface area contributed by atoms with Crippen molar-refractivity contribution in [3.05, 3.63) is 60.4 Å². The first-order chi connectivity index (χ1) is 12.2. The van der Waals surface area contributed by atoms with Crippen molar-refractivity contribution >= 4 is 34.2 Å². The SMILES string of the molecule is O=C(Nc1ccc(NC(=O)C2CC2)cc1)c1cnc2ccccc2n1. The van der Waals surface area contributed by atoms with E-state index in [1.807, 2.05) is 24.3 Å². The molecule has 0 unspecified atom stereocenters. The summed E-state index contributed by atoms with van der Waals surface area (Å²) >= 11 is 0.